The molecule has 1 aliphatic rings. The Hall–Kier alpha value is -1.42. The summed E-state index contributed by atoms with van der Waals surface area (Å²) in [6, 6.07) is 6.25. The molecule has 2 rings (SSSR count). The van der Waals surface area contributed by atoms with Crippen LogP contribution >= 0.6 is 0 Å². The van der Waals surface area contributed by atoms with Crippen LogP contribution in [0.25, 0.3) is 0 Å². The number of morpholine rings is 1. The predicted octanol–water partition coefficient (Wildman–Crippen LogP) is 2.14. The number of hydrogen-bond acceptors (Lipinski definition) is 2. The van der Waals surface area contributed by atoms with E-state index in [1.165, 1.54) is 12.1 Å². The Kier molecular flexibility index (Phi) is 3.74. The monoisotopic (exact) mass is 237 g/mol. The third-order valence-corrected chi connectivity index (χ3v) is 2.96. The molecular formula is C13H16FNO2. The Morgan fingerprint density at radius 3 is 2.82 bits per heavy atom. The largest absolute Gasteiger partial charge is 0.370 e. The second-order valence-electron chi connectivity index (χ2n) is 4.10. The summed E-state index contributed by atoms with van der Waals surface area (Å²) in [5, 5.41) is 0. The van der Waals surface area contributed by atoms with Gasteiger partial charge in [0.25, 0.3) is 0 Å². The molecular weight excluding hydrogens is 221 g/mol. The first-order chi connectivity index (χ1) is 8.20. The molecule has 1 aliphatic heterocycles. The summed E-state index contributed by atoms with van der Waals surface area (Å²) in [4.78, 5) is 13.4. The Balaban J connectivity index is 2.06. The van der Waals surface area contributed by atoms with Crippen LogP contribution in [0.4, 0.5) is 4.39 Å². The number of hydrogen-bond donors (Lipinski definition) is 0. The summed E-state index contributed by atoms with van der Waals surface area (Å²) in [5.41, 5.74) is 0.917. The van der Waals surface area contributed by atoms with Gasteiger partial charge >= 0.3 is 0 Å². The van der Waals surface area contributed by atoms with Crippen molar-refractivity contribution in [3.63, 3.8) is 0 Å². The number of rotatable bonds is 2. The van der Waals surface area contributed by atoms with Crippen LogP contribution in [0.5, 0.6) is 0 Å². The molecule has 1 heterocycles. The van der Waals surface area contributed by atoms with Crippen LogP contribution in [-0.2, 0) is 9.53 Å². The van der Waals surface area contributed by atoms with Crippen LogP contribution in [-0.4, -0.2) is 30.5 Å². The average molecular weight is 237 g/mol. The fraction of sp³-hybridized carbons (Fsp3) is 0.462. The Bertz CT molecular complexity index is 391. The van der Waals surface area contributed by atoms with E-state index in [9.17, 15) is 9.18 Å². The molecule has 17 heavy (non-hydrogen) atoms. The molecule has 0 aliphatic carbocycles. The number of amides is 1. The van der Waals surface area contributed by atoms with E-state index in [1.807, 2.05) is 6.92 Å². The van der Waals surface area contributed by atoms with Crippen molar-refractivity contribution in [1.29, 1.82) is 0 Å². The van der Waals surface area contributed by atoms with Crippen molar-refractivity contribution < 1.29 is 13.9 Å². The molecule has 3 nitrogen and oxygen atoms in total. The van der Waals surface area contributed by atoms with Gasteiger partial charge in [-0.15, -0.1) is 0 Å². The number of benzene rings is 1. The Morgan fingerprint density at radius 2 is 2.18 bits per heavy atom. The van der Waals surface area contributed by atoms with Crippen molar-refractivity contribution in [2.75, 3.05) is 19.7 Å². The molecule has 1 fully saturated rings. The third kappa shape index (κ3) is 2.82. The van der Waals surface area contributed by atoms with Crippen molar-refractivity contribution in [2.45, 2.75) is 19.4 Å². The van der Waals surface area contributed by atoms with Crippen molar-refractivity contribution in [1.82, 2.24) is 4.90 Å². The molecule has 0 aromatic heterocycles. The van der Waals surface area contributed by atoms with E-state index >= 15 is 0 Å². The van der Waals surface area contributed by atoms with Gasteiger partial charge in [-0.3, -0.25) is 4.79 Å². The fourth-order valence-corrected chi connectivity index (χ4v) is 1.98. The lowest BCUT2D eigenvalue weighted by Gasteiger charge is -2.33. The average Bonchev–Trinajstić information content (AvgIpc) is 2.39. The van der Waals surface area contributed by atoms with E-state index < -0.39 is 0 Å². The zero-order valence-corrected chi connectivity index (χ0v) is 9.86. The smallest absolute Gasteiger partial charge is 0.222 e. The second kappa shape index (κ2) is 5.27. The molecule has 0 N–H and O–H groups in total. The molecule has 1 aromatic carbocycles. The van der Waals surface area contributed by atoms with Crippen molar-refractivity contribution in [2.24, 2.45) is 0 Å². The number of ether oxygens (including phenoxy) is 1. The van der Waals surface area contributed by atoms with E-state index in [0.29, 0.717) is 26.1 Å². The van der Waals surface area contributed by atoms with Gasteiger partial charge in [-0.25, -0.2) is 4.39 Å². The van der Waals surface area contributed by atoms with Gasteiger partial charge in [0, 0.05) is 13.0 Å². The van der Waals surface area contributed by atoms with Gasteiger partial charge in [-0.05, 0) is 17.7 Å². The zero-order valence-electron chi connectivity index (χ0n) is 9.86. The summed E-state index contributed by atoms with van der Waals surface area (Å²) in [7, 11) is 0. The Labute approximate surface area is 100 Å². The van der Waals surface area contributed by atoms with Crippen LogP contribution in [0.2, 0.25) is 0 Å². The molecule has 1 atom stereocenters. The quantitative estimate of drug-likeness (QED) is 0.788. The number of halogens is 1. The minimum absolute atomic E-state index is 0.139. The molecule has 0 saturated carbocycles. The lowest BCUT2D eigenvalue weighted by Crippen LogP contribution is -2.41. The molecule has 0 spiro atoms. The van der Waals surface area contributed by atoms with Crippen LogP contribution in [0, 0.1) is 5.82 Å². The highest BCUT2D eigenvalue weighted by molar-refractivity contribution is 5.75. The van der Waals surface area contributed by atoms with E-state index in [2.05, 4.69) is 0 Å². The van der Waals surface area contributed by atoms with Crippen LogP contribution < -0.4 is 0 Å². The summed E-state index contributed by atoms with van der Waals surface area (Å²) < 4.78 is 18.4. The van der Waals surface area contributed by atoms with Gasteiger partial charge in [-0.2, -0.15) is 0 Å². The highest BCUT2D eigenvalue weighted by Gasteiger charge is 2.24. The van der Waals surface area contributed by atoms with Crippen LogP contribution in [0.3, 0.4) is 0 Å². The van der Waals surface area contributed by atoms with Gasteiger partial charge in [0.2, 0.25) is 5.91 Å². The van der Waals surface area contributed by atoms with Gasteiger partial charge in [0.05, 0.1) is 13.2 Å². The Morgan fingerprint density at radius 1 is 1.47 bits per heavy atom. The standard InChI is InChI=1S/C13H16FNO2/c1-2-13(16)15-7-8-17-12(9-15)10-3-5-11(14)6-4-10/h3-6,12H,2,7-9H2,1H3/t12-/m1/s1. The summed E-state index contributed by atoms with van der Waals surface area (Å²) >= 11 is 0. The van der Waals surface area contributed by atoms with Crippen molar-refractivity contribution >= 4 is 5.91 Å². The van der Waals surface area contributed by atoms with E-state index in [-0.39, 0.29) is 17.8 Å². The first-order valence-corrected chi connectivity index (χ1v) is 5.85. The van der Waals surface area contributed by atoms with E-state index in [1.54, 1.807) is 17.0 Å². The van der Waals surface area contributed by atoms with E-state index in [4.69, 9.17) is 4.74 Å². The van der Waals surface area contributed by atoms with Crippen molar-refractivity contribution in [3.8, 4) is 0 Å². The highest BCUT2D eigenvalue weighted by atomic mass is 19.1. The van der Waals surface area contributed by atoms with Gasteiger partial charge in [0.1, 0.15) is 11.9 Å². The maximum atomic E-state index is 12.8. The lowest BCUT2D eigenvalue weighted by molar-refractivity contribution is -0.138. The highest BCUT2D eigenvalue weighted by Crippen LogP contribution is 2.22. The number of carbonyl (C=O) groups excluding carboxylic acids is 1. The molecule has 1 amide bonds. The molecule has 4 heteroatoms. The number of carbonyl (C=O) groups is 1. The summed E-state index contributed by atoms with van der Waals surface area (Å²) in [6.45, 7) is 3.58. The summed E-state index contributed by atoms with van der Waals surface area (Å²) in [5.74, 6) is -0.119. The molecule has 92 valence electrons. The first kappa shape index (κ1) is 12.0. The topological polar surface area (TPSA) is 29.5 Å². The molecule has 0 unspecified atom stereocenters. The summed E-state index contributed by atoms with van der Waals surface area (Å²) in [6.07, 6.45) is 0.371. The first-order valence-electron chi connectivity index (χ1n) is 5.85. The molecule has 0 radical (unpaired) electrons. The van der Waals surface area contributed by atoms with E-state index in [0.717, 1.165) is 5.56 Å². The maximum Gasteiger partial charge on any atom is 0.222 e. The minimum atomic E-state index is -0.258. The molecule has 1 saturated heterocycles. The normalized spacial score (nSPS) is 20.4. The van der Waals surface area contributed by atoms with Crippen LogP contribution in [0.1, 0.15) is 25.0 Å². The zero-order chi connectivity index (χ0) is 12.3. The number of nitrogens with zero attached hydrogens (tertiary/aromatic N) is 1. The second-order valence-corrected chi connectivity index (χ2v) is 4.10. The van der Waals surface area contributed by atoms with Crippen LogP contribution in [0.15, 0.2) is 24.3 Å². The van der Waals surface area contributed by atoms with Gasteiger partial charge in [0.15, 0.2) is 0 Å². The molecule has 0 bridgehead atoms. The molecule has 1 aromatic rings. The third-order valence-electron chi connectivity index (χ3n) is 2.96. The lowest BCUT2D eigenvalue weighted by atomic mass is 10.1. The van der Waals surface area contributed by atoms with Gasteiger partial charge < -0.3 is 9.64 Å². The fourth-order valence-electron chi connectivity index (χ4n) is 1.98. The van der Waals surface area contributed by atoms with Crippen molar-refractivity contribution in [3.05, 3.63) is 35.6 Å². The SMILES string of the molecule is CCC(=O)N1CCO[C@@H](c2ccc(F)cc2)C1. The maximum absolute atomic E-state index is 12.8. The minimum Gasteiger partial charge on any atom is -0.370 e. The van der Waals surface area contributed by atoms with Gasteiger partial charge in [-0.1, -0.05) is 19.1 Å². The predicted molar refractivity (Wildman–Crippen MR) is 62.0 cm³/mol.